The van der Waals surface area contributed by atoms with E-state index in [2.05, 4.69) is 15.3 Å². The van der Waals surface area contributed by atoms with Crippen LogP contribution in [0.25, 0.3) is 11.4 Å². The second-order valence-corrected chi connectivity index (χ2v) is 5.42. The Bertz CT molecular complexity index is 978. The first kappa shape index (κ1) is 16.7. The number of methoxy groups -OCH3 is 2. The van der Waals surface area contributed by atoms with Crippen molar-refractivity contribution >= 4 is 18.4 Å². The maximum atomic E-state index is 9.84. The number of aromatic hydroxyl groups is 1. The zero-order chi connectivity index (χ0) is 17.8. The predicted octanol–water partition coefficient (Wildman–Crippen LogP) is 3.21. The number of ether oxygens (including phenoxy) is 2. The zero-order valence-corrected chi connectivity index (χ0v) is 14.4. The normalized spacial score (nSPS) is 11.0. The molecule has 0 bridgehead atoms. The summed E-state index contributed by atoms with van der Waals surface area (Å²) < 4.78 is 12.4. The average molecular weight is 356 g/mol. The van der Waals surface area contributed by atoms with Crippen molar-refractivity contribution in [2.45, 2.75) is 0 Å². The molecule has 0 fully saturated rings. The first-order chi connectivity index (χ1) is 12.1. The lowest BCUT2D eigenvalue weighted by Crippen LogP contribution is -1.96. The van der Waals surface area contributed by atoms with Crippen LogP contribution in [0.1, 0.15) is 5.56 Å². The van der Waals surface area contributed by atoms with E-state index in [-0.39, 0.29) is 5.75 Å². The van der Waals surface area contributed by atoms with Crippen molar-refractivity contribution in [1.82, 2.24) is 14.9 Å². The van der Waals surface area contributed by atoms with Gasteiger partial charge < -0.3 is 14.6 Å². The molecule has 3 rings (SSSR count). The van der Waals surface area contributed by atoms with Crippen LogP contribution < -0.4 is 9.47 Å². The number of benzene rings is 2. The quantitative estimate of drug-likeness (QED) is 0.542. The molecule has 25 heavy (non-hydrogen) atoms. The Kier molecular flexibility index (Phi) is 4.80. The van der Waals surface area contributed by atoms with Crippen LogP contribution in [0.2, 0.25) is 0 Å². The van der Waals surface area contributed by atoms with Gasteiger partial charge in [0, 0.05) is 11.1 Å². The van der Waals surface area contributed by atoms with Gasteiger partial charge in [-0.3, -0.25) is 0 Å². The number of phenolic OH excluding ortho intramolecular Hbond substituents is 1. The minimum Gasteiger partial charge on any atom is -0.507 e. The zero-order valence-electron chi connectivity index (χ0n) is 13.6. The second kappa shape index (κ2) is 7.18. The van der Waals surface area contributed by atoms with E-state index in [1.807, 2.05) is 12.1 Å². The third-order valence-corrected chi connectivity index (χ3v) is 3.81. The van der Waals surface area contributed by atoms with Gasteiger partial charge in [-0.25, -0.2) is 5.10 Å². The number of phenols is 1. The molecule has 0 atom stereocenters. The summed E-state index contributed by atoms with van der Waals surface area (Å²) in [7, 11) is 3.14. The van der Waals surface area contributed by atoms with E-state index in [4.69, 9.17) is 21.7 Å². The molecule has 2 N–H and O–H groups in total. The molecule has 0 saturated carbocycles. The monoisotopic (exact) mass is 356 g/mol. The highest BCUT2D eigenvalue weighted by Crippen LogP contribution is 2.31. The molecular formula is C17H16N4O3S. The van der Waals surface area contributed by atoms with Crippen LogP contribution in [-0.4, -0.2) is 40.4 Å². The summed E-state index contributed by atoms with van der Waals surface area (Å²) >= 11 is 5.24. The first-order valence-corrected chi connectivity index (χ1v) is 7.77. The Balaban J connectivity index is 2.03. The number of rotatable bonds is 5. The van der Waals surface area contributed by atoms with Crippen LogP contribution in [-0.2, 0) is 0 Å². The molecule has 0 spiro atoms. The molecule has 1 aromatic heterocycles. The second-order valence-electron chi connectivity index (χ2n) is 5.04. The number of H-pyrrole nitrogens is 1. The standard InChI is InChI=1S/C17H16N4O3S/c1-23-14-8-7-11(9-15(14)24-2)16-19-20-17(25)21(16)18-10-12-5-3-4-6-13(12)22/h3-10,22H,1-2H3,(H,20,25). The molecule has 0 saturated heterocycles. The highest BCUT2D eigenvalue weighted by atomic mass is 32.1. The van der Waals surface area contributed by atoms with Crippen molar-refractivity contribution in [2.75, 3.05) is 14.2 Å². The van der Waals surface area contributed by atoms with Crippen LogP contribution in [0.5, 0.6) is 17.2 Å². The molecule has 0 amide bonds. The summed E-state index contributed by atoms with van der Waals surface area (Å²) in [5.41, 5.74) is 1.32. The molecule has 0 aliphatic heterocycles. The highest BCUT2D eigenvalue weighted by Gasteiger charge is 2.12. The van der Waals surface area contributed by atoms with Gasteiger partial charge in [0.25, 0.3) is 0 Å². The summed E-state index contributed by atoms with van der Waals surface area (Å²) in [6.07, 6.45) is 1.52. The number of hydrogen-bond donors (Lipinski definition) is 2. The number of aromatic amines is 1. The molecular weight excluding hydrogens is 340 g/mol. The van der Waals surface area contributed by atoms with Crippen molar-refractivity contribution in [3.63, 3.8) is 0 Å². The maximum absolute atomic E-state index is 9.84. The molecule has 3 aromatic rings. The molecule has 7 nitrogen and oxygen atoms in total. The Morgan fingerprint density at radius 2 is 1.92 bits per heavy atom. The number of nitrogens with zero attached hydrogens (tertiary/aromatic N) is 3. The van der Waals surface area contributed by atoms with E-state index in [0.29, 0.717) is 27.7 Å². The smallest absolute Gasteiger partial charge is 0.216 e. The number of aromatic nitrogens is 3. The van der Waals surface area contributed by atoms with E-state index in [1.165, 1.54) is 10.9 Å². The summed E-state index contributed by atoms with van der Waals surface area (Å²) in [5, 5.41) is 21.1. The average Bonchev–Trinajstić information content (AvgIpc) is 3.01. The van der Waals surface area contributed by atoms with Gasteiger partial charge in [-0.15, -0.1) is 0 Å². The van der Waals surface area contributed by atoms with Crippen molar-refractivity contribution < 1.29 is 14.6 Å². The fraction of sp³-hybridized carbons (Fsp3) is 0.118. The third-order valence-electron chi connectivity index (χ3n) is 3.54. The number of nitrogens with one attached hydrogen (secondary N) is 1. The highest BCUT2D eigenvalue weighted by molar-refractivity contribution is 7.71. The van der Waals surface area contributed by atoms with Gasteiger partial charge in [0.05, 0.1) is 20.4 Å². The maximum Gasteiger partial charge on any atom is 0.216 e. The van der Waals surface area contributed by atoms with Gasteiger partial charge in [0.2, 0.25) is 4.77 Å². The minimum atomic E-state index is 0.133. The minimum absolute atomic E-state index is 0.133. The lowest BCUT2D eigenvalue weighted by atomic mass is 10.2. The van der Waals surface area contributed by atoms with Gasteiger partial charge in [0.1, 0.15) is 5.75 Å². The topological polar surface area (TPSA) is 84.7 Å². The van der Waals surface area contributed by atoms with E-state index < -0.39 is 0 Å². The molecule has 8 heteroatoms. The number of para-hydroxylation sites is 1. The van der Waals surface area contributed by atoms with Gasteiger partial charge in [-0.05, 0) is 42.5 Å². The Hall–Kier alpha value is -3.13. The lowest BCUT2D eigenvalue weighted by molar-refractivity contribution is 0.355. The van der Waals surface area contributed by atoms with Crippen molar-refractivity contribution in [1.29, 1.82) is 0 Å². The Morgan fingerprint density at radius 1 is 1.16 bits per heavy atom. The van der Waals surface area contributed by atoms with Crippen LogP contribution in [0.3, 0.4) is 0 Å². The summed E-state index contributed by atoms with van der Waals surface area (Å²) in [6.45, 7) is 0. The van der Waals surface area contributed by atoms with E-state index >= 15 is 0 Å². The van der Waals surface area contributed by atoms with Crippen molar-refractivity contribution in [3.8, 4) is 28.6 Å². The van der Waals surface area contributed by atoms with Crippen LogP contribution >= 0.6 is 12.2 Å². The molecule has 0 radical (unpaired) electrons. The van der Waals surface area contributed by atoms with Gasteiger partial charge >= 0.3 is 0 Å². The Labute approximate surface area is 149 Å². The Morgan fingerprint density at radius 3 is 2.64 bits per heavy atom. The van der Waals surface area contributed by atoms with Crippen molar-refractivity contribution in [3.05, 3.63) is 52.8 Å². The largest absolute Gasteiger partial charge is 0.507 e. The SMILES string of the molecule is COc1ccc(-c2n[nH]c(=S)n2N=Cc2ccccc2O)cc1OC. The fourth-order valence-corrected chi connectivity index (χ4v) is 2.46. The molecule has 128 valence electrons. The number of hydrogen-bond acceptors (Lipinski definition) is 6. The van der Waals surface area contributed by atoms with Crippen LogP contribution in [0.4, 0.5) is 0 Å². The predicted molar refractivity (Wildman–Crippen MR) is 97.1 cm³/mol. The third kappa shape index (κ3) is 3.38. The molecule has 2 aromatic carbocycles. The van der Waals surface area contributed by atoms with E-state index in [0.717, 1.165) is 5.56 Å². The molecule has 1 heterocycles. The molecule has 0 aliphatic carbocycles. The first-order valence-electron chi connectivity index (χ1n) is 7.36. The van der Waals surface area contributed by atoms with Gasteiger partial charge in [-0.2, -0.15) is 14.9 Å². The van der Waals surface area contributed by atoms with Gasteiger partial charge in [-0.1, -0.05) is 12.1 Å². The fourth-order valence-electron chi connectivity index (χ4n) is 2.28. The summed E-state index contributed by atoms with van der Waals surface area (Å²) in [5.74, 6) is 1.83. The van der Waals surface area contributed by atoms with Crippen LogP contribution in [0.15, 0.2) is 47.6 Å². The van der Waals surface area contributed by atoms with E-state index in [1.54, 1.807) is 44.6 Å². The van der Waals surface area contributed by atoms with Gasteiger partial charge in [0.15, 0.2) is 17.3 Å². The lowest BCUT2D eigenvalue weighted by Gasteiger charge is -2.09. The van der Waals surface area contributed by atoms with Crippen LogP contribution in [0, 0.1) is 4.77 Å². The van der Waals surface area contributed by atoms with E-state index in [9.17, 15) is 5.11 Å². The molecule has 0 aliphatic rings. The molecule has 0 unspecified atom stereocenters. The van der Waals surface area contributed by atoms with Crippen molar-refractivity contribution in [2.24, 2.45) is 5.10 Å². The summed E-state index contributed by atoms with van der Waals surface area (Å²) in [4.78, 5) is 0. The summed E-state index contributed by atoms with van der Waals surface area (Å²) in [6, 6.07) is 12.3.